The Morgan fingerprint density at radius 2 is 2.05 bits per heavy atom. The van der Waals surface area contributed by atoms with Gasteiger partial charge in [-0.15, -0.1) is 0 Å². The summed E-state index contributed by atoms with van der Waals surface area (Å²) >= 11 is 5.79. The Kier molecular flexibility index (Phi) is 5.31. The Labute approximate surface area is 118 Å². The molecule has 0 aliphatic heterocycles. The highest BCUT2D eigenvalue weighted by molar-refractivity contribution is 7.71. The van der Waals surface area contributed by atoms with E-state index in [1.54, 1.807) is 26.8 Å². The second-order valence-electron chi connectivity index (χ2n) is 5.05. The third-order valence-electron chi connectivity index (χ3n) is 2.04. The number of aromatic nitrogens is 1. The second-order valence-corrected chi connectivity index (χ2v) is 6.39. The van der Waals surface area contributed by atoms with E-state index < -0.39 is 22.3 Å². The molecule has 19 heavy (non-hydrogen) atoms. The highest BCUT2D eigenvalue weighted by Gasteiger charge is 2.17. The highest BCUT2D eigenvalue weighted by atomic mass is 35.5. The minimum absolute atomic E-state index is 0.0318. The number of carbonyl (C=O) groups excluding carboxylic acids is 1. The topological polar surface area (TPSA) is 73.3 Å². The van der Waals surface area contributed by atoms with Crippen LogP contribution in [-0.4, -0.2) is 25.0 Å². The number of halogens is 1. The van der Waals surface area contributed by atoms with Crippen LogP contribution in [0.5, 0.6) is 0 Å². The minimum Gasteiger partial charge on any atom is -0.460 e. The summed E-state index contributed by atoms with van der Waals surface area (Å²) in [6.45, 7) is 5.33. The Morgan fingerprint density at radius 3 is 2.58 bits per heavy atom. The van der Waals surface area contributed by atoms with Gasteiger partial charge < -0.3 is 4.74 Å². The fourth-order valence-corrected chi connectivity index (χ4v) is 2.22. The van der Waals surface area contributed by atoms with Crippen molar-refractivity contribution in [3.05, 3.63) is 28.5 Å². The zero-order chi connectivity index (χ0) is 14.6. The van der Waals surface area contributed by atoms with Crippen LogP contribution >= 0.6 is 11.6 Å². The first-order valence-electron chi connectivity index (χ1n) is 5.64. The molecular weight excluding hydrogens is 290 g/mol. The number of carbonyl (C=O) groups is 1. The van der Waals surface area contributed by atoms with Crippen LogP contribution in [0.3, 0.4) is 0 Å². The number of nitrogens with zero attached hydrogens (tertiary/aromatic N) is 1. The first kappa shape index (κ1) is 15.9. The molecule has 7 heteroatoms. The standard InChI is InChI=1S/C12H16ClNO4S/c1-12(2,3)18-10(15)5-8-4-9(7-19(16)17)11(13)14-6-8/h4,6,19H,5,7H2,1-3H3. The fourth-order valence-electron chi connectivity index (χ4n) is 1.43. The number of pyridine rings is 1. The number of thiol groups is 1. The highest BCUT2D eigenvalue weighted by Crippen LogP contribution is 2.17. The van der Waals surface area contributed by atoms with Gasteiger partial charge in [0, 0.05) is 11.8 Å². The molecule has 0 unspecified atom stereocenters. The SMILES string of the molecule is CC(C)(C)OC(=O)Cc1cnc(Cl)c(C[SH](=O)=O)c1. The van der Waals surface area contributed by atoms with Crippen molar-refractivity contribution in [2.45, 2.75) is 38.5 Å². The van der Waals surface area contributed by atoms with Crippen LogP contribution in [0, 0.1) is 0 Å². The van der Waals surface area contributed by atoms with E-state index in [4.69, 9.17) is 16.3 Å². The van der Waals surface area contributed by atoms with Gasteiger partial charge in [-0.05, 0) is 32.4 Å². The van der Waals surface area contributed by atoms with Gasteiger partial charge in [-0.25, -0.2) is 13.4 Å². The predicted molar refractivity (Wildman–Crippen MR) is 72.8 cm³/mol. The van der Waals surface area contributed by atoms with Crippen LogP contribution in [-0.2, 0) is 32.4 Å². The van der Waals surface area contributed by atoms with E-state index >= 15 is 0 Å². The van der Waals surface area contributed by atoms with Gasteiger partial charge >= 0.3 is 5.97 Å². The largest absolute Gasteiger partial charge is 0.460 e. The van der Waals surface area contributed by atoms with Crippen LogP contribution in [0.4, 0.5) is 0 Å². The van der Waals surface area contributed by atoms with E-state index in [1.807, 2.05) is 0 Å². The molecular formula is C12H16ClNO4S. The molecule has 0 aromatic carbocycles. The van der Waals surface area contributed by atoms with Gasteiger partial charge in [-0.1, -0.05) is 11.6 Å². The average Bonchev–Trinajstić information content (AvgIpc) is 2.19. The first-order valence-corrected chi connectivity index (χ1v) is 7.38. The quantitative estimate of drug-likeness (QED) is 0.521. The molecule has 0 N–H and O–H groups in total. The maximum absolute atomic E-state index is 11.6. The van der Waals surface area contributed by atoms with Crippen molar-refractivity contribution >= 4 is 28.3 Å². The summed E-state index contributed by atoms with van der Waals surface area (Å²) in [7, 11) is -2.59. The summed E-state index contributed by atoms with van der Waals surface area (Å²) in [5.41, 5.74) is 0.405. The molecule has 0 atom stereocenters. The maximum Gasteiger partial charge on any atom is 0.310 e. The third-order valence-corrected chi connectivity index (χ3v) is 2.98. The summed E-state index contributed by atoms with van der Waals surface area (Å²) < 4.78 is 26.6. The molecule has 0 fully saturated rings. The van der Waals surface area contributed by atoms with Crippen molar-refractivity contribution in [2.24, 2.45) is 0 Å². The van der Waals surface area contributed by atoms with E-state index in [9.17, 15) is 13.2 Å². The van der Waals surface area contributed by atoms with Crippen molar-refractivity contribution in [1.82, 2.24) is 4.98 Å². The van der Waals surface area contributed by atoms with E-state index in [0.29, 0.717) is 11.1 Å². The fraction of sp³-hybridized carbons (Fsp3) is 0.500. The second kappa shape index (κ2) is 6.34. The van der Waals surface area contributed by atoms with Gasteiger partial charge in [-0.2, -0.15) is 0 Å². The first-order chi connectivity index (χ1) is 8.67. The molecule has 0 aliphatic rings. The smallest absolute Gasteiger partial charge is 0.310 e. The van der Waals surface area contributed by atoms with Crippen LogP contribution in [0.15, 0.2) is 12.3 Å². The molecule has 0 radical (unpaired) electrons. The van der Waals surface area contributed by atoms with E-state index in [1.165, 1.54) is 6.20 Å². The maximum atomic E-state index is 11.6. The summed E-state index contributed by atoms with van der Waals surface area (Å²) in [4.78, 5) is 15.5. The number of rotatable bonds is 4. The van der Waals surface area contributed by atoms with Crippen LogP contribution in [0.25, 0.3) is 0 Å². The predicted octanol–water partition coefficient (Wildman–Crippen LogP) is 1.73. The Morgan fingerprint density at radius 1 is 1.42 bits per heavy atom. The Bertz CT molecular complexity index is 541. The summed E-state index contributed by atoms with van der Waals surface area (Å²) in [5.74, 6) is -0.586. The van der Waals surface area contributed by atoms with Gasteiger partial charge in [-0.3, -0.25) is 4.79 Å². The molecule has 1 heterocycles. The summed E-state index contributed by atoms with van der Waals surface area (Å²) in [6.07, 6.45) is 1.47. The molecule has 0 aliphatic carbocycles. The van der Waals surface area contributed by atoms with Gasteiger partial charge in [0.2, 0.25) is 0 Å². The van der Waals surface area contributed by atoms with Gasteiger partial charge in [0.05, 0.1) is 12.2 Å². The normalized spacial score (nSPS) is 11.6. The van der Waals surface area contributed by atoms with Crippen LogP contribution in [0.2, 0.25) is 5.15 Å². The Hall–Kier alpha value is -1.14. The van der Waals surface area contributed by atoms with Crippen LogP contribution < -0.4 is 0 Å². The lowest BCUT2D eigenvalue weighted by Crippen LogP contribution is -2.25. The lowest BCUT2D eigenvalue weighted by molar-refractivity contribution is -0.153. The zero-order valence-corrected chi connectivity index (χ0v) is 12.6. The monoisotopic (exact) mass is 305 g/mol. The van der Waals surface area contributed by atoms with E-state index in [0.717, 1.165) is 0 Å². The molecule has 0 amide bonds. The van der Waals surface area contributed by atoms with Crippen molar-refractivity contribution in [2.75, 3.05) is 0 Å². The van der Waals surface area contributed by atoms with Crippen molar-refractivity contribution in [3.63, 3.8) is 0 Å². The van der Waals surface area contributed by atoms with E-state index in [2.05, 4.69) is 4.98 Å². The van der Waals surface area contributed by atoms with Gasteiger partial charge in [0.1, 0.15) is 21.5 Å². The van der Waals surface area contributed by atoms with E-state index in [-0.39, 0.29) is 17.3 Å². The molecule has 0 saturated heterocycles. The zero-order valence-electron chi connectivity index (χ0n) is 11.0. The minimum atomic E-state index is -2.59. The molecule has 1 rings (SSSR count). The number of hydrogen-bond donors (Lipinski definition) is 1. The van der Waals surface area contributed by atoms with Crippen LogP contribution in [0.1, 0.15) is 31.9 Å². The lowest BCUT2D eigenvalue weighted by atomic mass is 10.1. The average molecular weight is 306 g/mol. The molecule has 5 nitrogen and oxygen atoms in total. The summed E-state index contributed by atoms with van der Waals surface area (Å²) in [5, 5.41) is 0.132. The van der Waals surface area contributed by atoms with Crippen molar-refractivity contribution in [3.8, 4) is 0 Å². The molecule has 1 aromatic rings. The lowest BCUT2D eigenvalue weighted by Gasteiger charge is -2.19. The molecule has 1 aromatic heterocycles. The third kappa shape index (κ3) is 6.02. The van der Waals surface area contributed by atoms with Gasteiger partial charge in [0.15, 0.2) is 0 Å². The molecule has 0 spiro atoms. The Balaban J connectivity index is 2.82. The van der Waals surface area contributed by atoms with Crippen molar-refractivity contribution < 1.29 is 17.9 Å². The molecule has 106 valence electrons. The number of esters is 1. The molecule has 0 bridgehead atoms. The number of ether oxygens (including phenoxy) is 1. The summed E-state index contributed by atoms with van der Waals surface area (Å²) in [6, 6.07) is 1.56. The molecule has 0 saturated carbocycles. The van der Waals surface area contributed by atoms with Gasteiger partial charge in [0.25, 0.3) is 0 Å². The van der Waals surface area contributed by atoms with Crippen molar-refractivity contribution in [1.29, 1.82) is 0 Å². The number of hydrogen-bond acceptors (Lipinski definition) is 5.